The molecular formula is C10H14O. The van der Waals surface area contributed by atoms with Crippen LogP contribution in [0, 0.1) is 23.2 Å². The van der Waals surface area contributed by atoms with E-state index in [1.807, 2.05) is 0 Å². The number of rotatable bonds is 0. The van der Waals surface area contributed by atoms with Gasteiger partial charge in [-0.1, -0.05) is 12.8 Å². The minimum absolute atomic E-state index is 0.590. The molecule has 0 amide bonds. The second kappa shape index (κ2) is 2.53. The Morgan fingerprint density at radius 3 is 2.64 bits per heavy atom. The molecule has 1 nitrogen and oxygen atoms in total. The van der Waals surface area contributed by atoms with Gasteiger partial charge in [-0.3, -0.25) is 0 Å². The van der Waals surface area contributed by atoms with Crippen LogP contribution >= 0.6 is 0 Å². The molecule has 1 heterocycles. The van der Waals surface area contributed by atoms with E-state index in [2.05, 4.69) is 18.8 Å². The Labute approximate surface area is 68.1 Å². The van der Waals surface area contributed by atoms with Crippen LogP contribution in [0.2, 0.25) is 0 Å². The van der Waals surface area contributed by atoms with Crippen molar-refractivity contribution >= 4 is 0 Å². The summed E-state index contributed by atoms with van der Waals surface area (Å²) in [7, 11) is 0. The zero-order valence-corrected chi connectivity index (χ0v) is 7.02. The third-order valence-electron chi connectivity index (χ3n) is 2.66. The third-order valence-corrected chi connectivity index (χ3v) is 2.66. The minimum Gasteiger partial charge on any atom is -0.380 e. The smallest absolute Gasteiger partial charge is 0.0545 e. The van der Waals surface area contributed by atoms with Crippen LogP contribution in [0.25, 0.3) is 0 Å². The summed E-state index contributed by atoms with van der Waals surface area (Å²) in [6, 6.07) is 0. The van der Waals surface area contributed by atoms with Crippen LogP contribution < -0.4 is 0 Å². The van der Waals surface area contributed by atoms with Crippen LogP contribution in [0.3, 0.4) is 0 Å². The summed E-state index contributed by atoms with van der Waals surface area (Å²) >= 11 is 0. The molecule has 2 aliphatic rings. The first-order valence-corrected chi connectivity index (χ1v) is 4.41. The van der Waals surface area contributed by atoms with Gasteiger partial charge in [0.15, 0.2) is 0 Å². The third kappa shape index (κ3) is 1.16. The summed E-state index contributed by atoms with van der Waals surface area (Å²) in [6.07, 6.45) is 3.58. The van der Waals surface area contributed by atoms with E-state index in [9.17, 15) is 0 Å². The lowest BCUT2D eigenvalue weighted by Crippen LogP contribution is -2.51. The van der Waals surface area contributed by atoms with Gasteiger partial charge in [0, 0.05) is 17.8 Å². The fourth-order valence-electron chi connectivity index (χ4n) is 1.96. The van der Waals surface area contributed by atoms with Crippen molar-refractivity contribution < 1.29 is 4.74 Å². The molecule has 0 radical (unpaired) electrons. The van der Waals surface area contributed by atoms with Crippen molar-refractivity contribution in [1.29, 1.82) is 0 Å². The average molecular weight is 150 g/mol. The molecule has 0 unspecified atom stereocenters. The second-order valence-electron chi connectivity index (χ2n) is 3.77. The van der Waals surface area contributed by atoms with Gasteiger partial charge in [-0.15, -0.1) is 5.92 Å². The summed E-state index contributed by atoms with van der Waals surface area (Å²) in [5, 5.41) is 0. The van der Waals surface area contributed by atoms with Crippen molar-refractivity contribution in [3.05, 3.63) is 0 Å². The van der Waals surface area contributed by atoms with Gasteiger partial charge in [0.1, 0.15) is 0 Å². The zero-order valence-electron chi connectivity index (χ0n) is 7.02. The summed E-state index contributed by atoms with van der Waals surface area (Å²) in [4.78, 5) is 0. The molecule has 1 heteroatoms. The highest BCUT2D eigenvalue weighted by molar-refractivity contribution is 5.13. The lowest BCUT2D eigenvalue weighted by atomic mass is 9.61. The summed E-state index contributed by atoms with van der Waals surface area (Å²) in [5.74, 6) is 7.13. The van der Waals surface area contributed by atoms with Crippen LogP contribution in [0.5, 0.6) is 0 Å². The summed E-state index contributed by atoms with van der Waals surface area (Å²) in [6.45, 7) is 4.10. The van der Waals surface area contributed by atoms with E-state index in [-0.39, 0.29) is 0 Å². The number of hydrogen-bond acceptors (Lipinski definition) is 1. The van der Waals surface area contributed by atoms with E-state index in [4.69, 9.17) is 4.74 Å². The molecule has 2 rings (SSSR count). The Morgan fingerprint density at radius 1 is 1.45 bits per heavy atom. The molecule has 1 aliphatic heterocycles. The molecule has 0 aromatic carbocycles. The first kappa shape index (κ1) is 7.18. The van der Waals surface area contributed by atoms with Gasteiger partial charge >= 0.3 is 0 Å². The van der Waals surface area contributed by atoms with Crippen LogP contribution in [0.1, 0.15) is 26.2 Å². The van der Waals surface area contributed by atoms with Crippen molar-refractivity contribution in [1.82, 2.24) is 0 Å². The van der Waals surface area contributed by atoms with Gasteiger partial charge in [-0.05, 0) is 12.8 Å². The second-order valence-corrected chi connectivity index (χ2v) is 3.77. The van der Waals surface area contributed by atoms with E-state index in [1.165, 1.54) is 12.8 Å². The van der Waals surface area contributed by atoms with Crippen molar-refractivity contribution in [2.24, 2.45) is 11.3 Å². The molecule has 1 saturated carbocycles. The van der Waals surface area contributed by atoms with E-state index in [0.717, 1.165) is 19.6 Å². The highest BCUT2D eigenvalue weighted by Gasteiger charge is 2.49. The standard InChI is InChI=1S/C10H14O/c1-2-3-4-9-5-10(6-9)7-11-8-10/h9H,2,5-8H2,1H3. The first-order valence-electron chi connectivity index (χ1n) is 4.41. The van der Waals surface area contributed by atoms with E-state index in [1.54, 1.807) is 0 Å². The van der Waals surface area contributed by atoms with Gasteiger partial charge in [0.05, 0.1) is 13.2 Å². The minimum atomic E-state index is 0.590. The highest BCUT2D eigenvalue weighted by Crippen LogP contribution is 2.50. The lowest BCUT2D eigenvalue weighted by Gasteiger charge is -2.51. The zero-order chi connectivity index (χ0) is 7.73. The Bertz CT molecular complexity index is 197. The molecule has 11 heavy (non-hydrogen) atoms. The van der Waals surface area contributed by atoms with Crippen LogP contribution in [-0.2, 0) is 4.74 Å². The van der Waals surface area contributed by atoms with Gasteiger partial charge in [0.25, 0.3) is 0 Å². The predicted molar refractivity (Wildman–Crippen MR) is 44.0 cm³/mol. The Kier molecular flexibility index (Phi) is 1.65. The maximum Gasteiger partial charge on any atom is 0.0545 e. The molecule has 0 N–H and O–H groups in total. The quantitative estimate of drug-likeness (QED) is 0.479. The van der Waals surface area contributed by atoms with Gasteiger partial charge in [0.2, 0.25) is 0 Å². The summed E-state index contributed by atoms with van der Waals surface area (Å²) < 4.78 is 5.18. The number of hydrogen-bond donors (Lipinski definition) is 0. The fraction of sp³-hybridized carbons (Fsp3) is 0.800. The van der Waals surface area contributed by atoms with Crippen molar-refractivity contribution in [2.45, 2.75) is 26.2 Å². The van der Waals surface area contributed by atoms with E-state index >= 15 is 0 Å². The molecule has 0 bridgehead atoms. The molecule has 60 valence electrons. The maximum absolute atomic E-state index is 5.18. The fourth-order valence-corrected chi connectivity index (χ4v) is 1.96. The Hall–Kier alpha value is -0.480. The van der Waals surface area contributed by atoms with Crippen LogP contribution in [-0.4, -0.2) is 13.2 Å². The van der Waals surface area contributed by atoms with Gasteiger partial charge < -0.3 is 4.74 Å². The van der Waals surface area contributed by atoms with E-state index in [0.29, 0.717) is 11.3 Å². The summed E-state index contributed by atoms with van der Waals surface area (Å²) in [5.41, 5.74) is 0.590. The number of ether oxygens (including phenoxy) is 1. The highest BCUT2D eigenvalue weighted by atomic mass is 16.5. The molecule has 0 aromatic rings. The van der Waals surface area contributed by atoms with Gasteiger partial charge in [-0.2, -0.15) is 0 Å². The normalized spacial score (nSPS) is 26.6. The Morgan fingerprint density at radius 2 is 2.18 bits per heavy atom. The largest absolute Gasteiger partial charge is 0.380 e. The molecule has 2 fully saturated rings. The predicted octanol–water partition coefficient (Wildman–Crippen LogP) is 1.83. The van der Waals surface area contributed by atoms with Crippen molar-refractivity contribution in [2.75, 3.05) is 13.2 Å². The van der Waals surface area contributed by atoms with Crippen LogP contribution in [0.4, 0.5) is 0 Å². The van der Waals surface area contributed by atoms with Crippen LogP contribution in [0.15, 0.2) is 0 Å². The maximum atomic E-state index is 5.18. The first-order chi connectivity index (χ1) is 5.35. The Balaban J connectivity index is 1.79. The van der Waals surface area contributed by atoms with E-state index < -0.39 is 0 Å². The van der Waals surface area contributed by atoms with Gasteiger partial charge in [-0.25, -0.2) is 0 Å². The molecule has 1 aliphatic carbocycles. The molecule has 0 atom stereocenters. The lowest BCUT2D eigenvalue weighted by molar-refractivity contribution is -0.169. The van der Waals surface area contributed by atoms with Crippen molar-refractivity contribution in [3.8, 4) is 11.8 Å². The molecular weight excluding hydrogens is 136 g/mol. The van der Waals surface area contributed by atoms with Crippen molar-refractivity contribution in [3.63, 3.8) is 0 Å². The molecule has 1 spiro atoms. The molecule has 0 aromatic heterocycles. The molecule has 1 saturated heterocycles. The monoisotopic (exact) mass is 150 g/mol. The SMILES string of the molecule is CCC#CC1CC2(COC2)C1. The topological polar surface area (TPSA) is 9.23 Å². The average Bonchev–Trinajstić information content (AvgIpc) is 1.81.